The van der Waals surface area contributed by atoms with E-state index in [1.165, 1.54) is 40.1 Å². The van der Waals surface area contributed by atoms with Crippen molar-refractivity contribution in [3.05, 3.63) is 90.0 Å². The molecule has 182 valence electrons. The van der Waals surface area contributed by atoms with E-state index in [0.717, 1.165) is 18.2 Å². The van der Waals surface area contributed by atoms with Gasteiger partial charge in [-0.25, -0.2) is 8.42 Å². The Morgan fingerprint density at radius 2 is 1.69 bits per heavy atom. The van der Waals surface area contributed by atoms with Gasteiger partial charge in [0.05, 0.1) is 24.2 Å². The third-order valence-corrected chi connectivity index (χ3v) is 8.60. The molecule has 8 heteroatoms. The number of aryl methyl sites for hydroxylation is 2. The molecular formula is C28H24N2O5S. The molecule has 0 saturated heterocycles. The van der Waals surface area contributed by atoms with E-state index in [4.69, 9.17) is 9.47 Å². The molecule has 0 saturated carbocycles. The first-order valence-corrected chi connectivity index (χ1v) is 13.2. The number of hydrogen-bond acceptors (Lipinski definition) is 5. The van der Waals surface area contributed by atoms with Crippen LogP contribution in [0.5, 0.6) is 11.5 Å². The van der Waals surface area contributed by atoms with Crippen molar-refractivity contribution in [3.8, 4) is 11.5 Å². The molecule has 0 bridgehead atoms. The molecule has 1 atom stereocenters. The maximum absolute atomic E-state index is 13.6. The Morgan fingerprint density at radius 3 is 2.47 bits per heavy atom. The number of nitrogens with zero attached hydrogens (tertiary/aromatic N) is 1. The summed E-state index contributed by atoms with van der Waals surface area (Å²) in [6.07, 6.45) is 0.950. The second-order valence-corrected chi connectivity index (χ2v) is 10.7. The molecule has 4 aromatic rings. The standard InChI is InChI=1S/C28H24N2O5S/c1-34-20-12-14-21(15-13-20)36(32,33)30-17-26(35-25-8-3-2-7-24(25)30)28(31)29-23-16-11-19-10-9-18-5-4-6-22(23)27(18)19/h2-8,11-16,26H,9-10,17H2,1H3,(H,29,31). The van der Waals surface area contributed by atoms with Crippen LogP contribution in [0.4, 0.5) is 11.4 Å². The first-order valence-electron chi connectivity index (χ1n) is 11.7. The zero-order valence-corrected chi connectivity index (χ0v) is 20.4. The van der Waals surface area contributed by atoms with E-state index in [2.05, 4.69) is 11.4 Å². The lowest BCUT2D eigenvalue weighted by molar-refractivity contribution is -0.122. The smallest absolute Gasteiger partial charge is 0.267 e. The van der Waals surface area contributed by atoms with Gasteiger partial charge in [0.25, 0.3) is 15.9 Å². The zero-order valence-electron chi connectivity index (χ0n) is 19.6. The summed E-state index contributed by atoms with van der Waals surface area (Å²) < 4.78 is 39.7. The van der Waals surface area contributed by atoms with E-state index in [9.17, 15) is 13.2 Å². The normalized spacial score (nSPS) is 16.4. The Kier molecular flexibility index (Phi) is 5.34. The number of para-hydroxylation sites is 2. The summed E-state index contributed by atoms with van der Waals surface area (Å²) in [6, 6.07) is 23.1. The van der Waals surface area contributed by atoms with Crippen molar-refractivity contribution < 1.29 is 22.7 Å². The van der Waals surface area contributed by atoms with Crippen LogP contribution in [0.1, 0.15) is 11.1 Å². The number of hydrogen-bond donors (Lipinski definition) is 1. The van der Waals surface area contributed by atoms with Gasteiger partial charge in [-0.05, 0) is 71.8 Å². The van der Waals surface area contributed by atoms with E-state index >= 15 is 0 Å². The van der Waals surface area contributed by atoms with Crippen LogP contribution in [0.25, 0.3) is 10.8 Å². The van der Waals surface area contributed by atoms with Crippen LogP contribution in [0.2, 0.25) is 0 Å². The van der Waals surface area contributed by atoms with Crippen LogP contribution in [0.15, 0.2) is 83.8 Å². The number of carbonyl (C=O) groups excluding carboxylic acids is 1. The van der Waals surface area contributed by atoms with Gasteiger partial charge in [-0.2, -0.15) is 0 Å². The van der Waals surface area contributed by atoms with Crippen molar-refractivity contribution in [1.29, 1.82) is 0 Å². The van der Waals surface area contributed by atoms with Crippen LogP contribution in [0, 0.1) is 0 Å². The zero-order chi connectivity index (χ0) is 24.9. The highest BCUT2D eigenvalue weighted by Gasteiger charge is 2.37. The third kappa shape index (κ3) is 3.65. The molecular weight excluding hydrogens is 476 g/mol. The first kappa shape index (κ1) is 22.4. The van der Waals surface area contributed by atoms with Gasteiger partial charge in [-0.15, -0.1) is 0 Å². The highest BCUT2D eigenvalue weighted by molar-refractivity contribution is 7.92. The van der Waals surface area contributed by atoms with Gasteiger partial charge in [0.2, 0.25) is 0 Å². The molecule has 0 fully saturated rings. The molecule has 0 radical (unpaired) electrons. The molecule has 36 heavy (non-hydrogen) atoms. The van der Waals surface area contributed by atoms with E-state index < -0.39 is 22.0 Å². The summed E-state index contributed by atoms with van der Waals surface area (Å²) >= 11 is 0. The van der Waals surface area contributed by atoms with Gasteiger partial charge in [0.15, 0.2) is 6.10 Å². The first-order chi connectivity index (χ1) is 17.5. The van der Waals surface area contributed by atoms with Crippen molar-refractivity contribution in [2.45, 2.75) is 23.8 Å². The topological polar surface area (TPSA) is 84.9 Å². The Balaban J connectivity index is 1.33. The summed E-state index contributed by atoms with van der Waals surface area (Å²) in [4.78, 5) is 13.5. The summed E-state index contributed by atoms with van der Waals surface area (Å²) in [6.45, 7) is -0.154. The van der Waals surface area contributed by atoms with E-state index in [-0.39, 0.29) is 11.4 Å². The fourth-order valence-electron chi connectivity index (χ4n) is 5.01. The van der Waals surface area contributed by atoms with Crippen molar-refractivity contribution in [3.63, 3.8) is 0 Å². The molecule has 1 unspecified atom stereocenters. The summed E-state index contributed by atoms with van der Waals surface area (Å²) in [5.74, 6) is 0.485. The summed E-state index contributed by atoms with van der Waals surface area (Å²) in [5.41, 5.74) is 3.63. The number of sulfonamides is 1. The Labute approximate surface area is 209 Å². The quantitative estimate of drug-likeness (QED) is 0.435. The molecule has 4 aromatic carbocycles. The van der Waals surface area contributed by atoms with Crippen LogP contribution >= 0.6 is 0 Å². The van der Waals surface area contributed by atoms with Crippen molar-refractivity contribution in [2.24, 2.45) is 0 Å². The molecule has 0 aromatic heterocycles. The van der Waals surface area contributed by atoms with Gasteiger partial charge in [0, 0.05) is 11.1 Å². The molecule has 1 N–H and O–H groups in total. The highest BCUT2D eigenvalue weighted by Crippen LogP contribution is 2.38. The number of benzene rings is 4. The minimum Gasteiger partial charge on any atom is -0.497 e. The van der Waals surface area contributed by atoms with Crippen LogP contribution in [0.3, 0.4) is 0 Å². The number of fused-ring (bicyclic) bond motifs is 1. The molecule has 1 heterocycles. The Morgan fingerprint density at radius 1 is 0.944 bits per heavy atom. The molecule has 7 nitrogen and oxygen atoms in total. The van der Waals surface area contributed by atoms with E-state index in [0.29, 0.717) is 22.9 Å². The number of carbonyl (C=O) groups is 1. The highest BCUT2D eigenvalue weighted by atomic mass is 32.2. The summed E-state index contributed by atoms with van der Waals surface area (Å²) in [7, 11) is -2.44. The van der Waals surface area contributed by atoms with Crippen LogP contribution < -0.4 is 19.1 Å². The molecule has 1 aliphatic carbocycles. The molecule has 1 aliphatic heterocycles. The number of amides is 1. The predicted octanol–water partition coefficient (Wildman–Crippen LogP) is 4.54. The lowest BCUT2D eigenvalue weighted by Crippen LogP contribution is -2.48. The monoisotopic (exact) mass is 500 g/mol. The number of anilines is 2. The van der Waals surface area contributed by atoms with Gasteiger partial charge in [0.1, 0.15) is 11.5 Å². The molecule has 0 spiro atoms. The predicted molar refractivity (Wildman–Crippen MR) is 138 cm³/mol. The fourth-order valence-corrected chi connectivity index (χ4v) is 6.49. The maximum atomic E-state index is 13.6. The lowest BCUT2D eigenvalue weighted by atomic mass is 10.0. The number of ether oxygens (including phenoxy) is 2. The van der Waals surface area contributed by atoms with Crippen LogP contribution in [-0.2, 0) is 27.7 Å². The Hall–Kier alpha value is -4.04. The van der Waals surface area contributed by atoms with Gasteiger partial charge < -0.3 is 14.8 Å². The van der Waals surface area contributed by atoms with Gasteiger partial charge in [-0.1, -0.05) is 36.4 Å². The molecule has 1 amide bonds. The average Bonchev–Trinajstić information content (AvgIpc) is 3.34. The average molecular weight is 501 g/mol. The minimum atomic E-state index is -3.96. The fraction of sp³-hybridized carbons (Fsp3) is 0.179. The third-order valence-electron chi connectivity index (χ3n) is 6.81. The number of methoxy groups -OCH3 is 1. The van der Waals surface area contributed by atoms with Crippen molar-refractivity contribution in [1.82, 2.24) is 0 Å². The Bertz CT molecular complexity index is 1590. The van der Waals surface area contributed by atoms with Gasteiger partial charge >= 0.3 is 0 Å². The van der Waals surface area contributed by atoms with E-state index in [1.807, 2.05) is 24.3 Å². The van der Waals surface area contributed by atoms with Crippen LogP contribution in [-0.4, -0.2) is 34.1 Å². The minimum absolute atomic E-state index is 0.103. The molecule has 6 rings (SSSR count). The second-order valence-electron chi connectivity index (χ2n) is 8.89. The summed E-state index contributed by atoms with van der Waals surface area (Å²) in [5, 5.41) is 5.16. The second kappa shape index (κ2) is 8.57. The largest absolute Gasteiger partial charge is 0.497 e. The number of nitrogens with one attached hydrogen (secondary N) is 1. The SMILES string of the molecule is COc1ccc(S(=O)(=O)N2CC(C(=O)Nc3ccc4c5c(cccc35)CC4)Oc3ccccc32)cc1. The van der Waals surface area contributed by atoms with E-state index in [1.54, 1.807) is 36.4 Å². The van der Waals surface area contributed by atoms with Gasteiger partial charge in [-0.3, -0.25) is 9.10 Å². The lowest BCUT2D eigenvalue weighted by Gasteiger charge is -2.34. The van der Waals surface area contributed by atoms with Crippen molar-refractivity contribution >= 4 is 38.1 Å². The number of rotatable bonds is 5. The maximum Gasteiger partial charge on any atom is 0.267 e. The molecule has 2 aliphatic rings. The van der Waals surface area contributed by atoms with Crippen molar-refractivity contribution in [2.75, 3.05) is 23.3 Å².